The molecule has 1 nitrogen and oxygen atoms in total. The van der Waals surface area contributed by atoms with E-state index < -0.39 is 11.6 Å². The van der Waals surface area contributed by atoms with Crippen molar-refractivity contribution in [1.82, 2.24) is 0 Å². The molecule has 3 heteroatoms. The summed E-state index contributed by atoms with van der Waals surface area (Å²) in [7, 11) is 0. The Balaban J connectivity index is 2.28. The van der Waals surface area contributed by atoms with Crippen molar-refractivity contribution in [3.8, 4) is 11.1 Å². The van der Waals surface area contributed by atoms with E-state index in [1.165, 1.54) is 18.2 Å². The number of halogens is 2. The van der Waals surface area contributed by atoms with Crippen LogP contribution in [0, 0.1) is 11.6 Å². The molecule has 3 rings (SSSR count). The van der Waals surface area contributed by atoms with Gasteiger partial charge in [0.05, 0.1) is 5.56 Å². The number of benzene rings is 2. The number of hydrogen-bond acceptors (Lipinski definition) is 1. The fourth-order valence-electron chi connectivity index (χ4n) is 2.48. The van der Waals surface area contributed by atoms with E-state index in [-0.39, 0.29) is 11.3 Å². The first-order chi connectivity index (χ1) is 8.68. The summed E-state index contributed by atoms with van der Waals surface area (Å²) in [5.74, 6) is -1.14. The zero-order chi connectivity index (χ0) is 12.7. The lowest BCUT2D eigenvalue weighted by atomic mass is 9.96. The number of rotatable bonds is 1. The Morgan fingerprint density at radius 1 is 0.833 bits per heavy atom. The topological polar surface area (TPSA) is 17.1 Å². The third kappa shape index (κ3) is 1.55. The summed E-state index contributed by atoms with van der Waals surface area (Å²) < 4.78 is 27.6. The molecule has 0 spiro atoms. The molecule has 0 radical (unpaired) electrons. The van der Waals surface area contributed by atoms with Crippen LogP contribution in [0.2, 0.25) is 0 Å². The number of carbonyl (C=O) groups excluding carboxylic acids is 1. The van der Waals surface area contributed by atoms with Gasteiger partial charge in [0.2, 0.25) is 0 Å². The molecule has 1 aliphatic carbocycles. The Kier molecular flexibility index (Phi) is 2.47. The quantitative estimate of drug-likeness (QED) is 0.746. The summed E-state index contributed by atoms with van der Waals surface area (Å²) in [5, 5.41) is 0. The first-order valence-electron chi connectivity index (χ1n) is 5.78. The second kappa shape index (κ2) is 4.02. The van der Waals surface area contributed by atoms with Crippen LogP contribution < -0.4 is 0 Å². The highest BCUT2D eigenvalue weighted by Crippen LogP contribution is 2.34. The second-order valence-corrected chi connectivity index (χ2v) is 4.35. The summed E-state index contributed by atoms with van der Waals surface area (Å²) in [6, 6.07) is 8.85. The maximum Gasteiger partial charge on any atom is 0.163 e. The maximum absolute atomic E-state index is 13.8. The first kappa shape index (κ1) is 11.1. The average Bonchev–Trinajstić information content (AvgIpc) is 2.72. The molecule has 0 saturated heterocycles. The van der Waals surface area contributed by atoms with Crippen LogP contribution in [0.4, 0.5) is 8.78 Å². The van der Waals surface area contributed by atoms with Gasteiger partial charge in [0.1, 0.15) is 11.6 Å². The lowest BCUT2D eigenvalue weighted by Gasteiger charge is -2.09. The van der Waals surface area contributed by atoms with Crippen molar-refractivity contribution in [3.05, 3.63) is 59.2 Å². The zero-order valence-electron chi connectivity index (χ0n) is 9.54. The summed E-state index contributed by atoms with van der Waals surface area (Å²) >= 11 is 0. The molecule has 0 unspecified atom stereocenters. The molecule has 0 aliphatic heterocycles. The molecule has 1 aliphatic rings. The molecule has 0 N–H and O–H groups in total. The summed E-state index contributed by atoms with van der Waals surface area (Å²) in [4.78, 5) is 11.6. The molecule has 0 amide bonds. The number of ketones is 1. The van der Waals surface area contributed by atoms with E-state index in [2.05, 4.69) is 0 Å². The van der Waals surface area contributed by atoms with E-state index in [0.29, 0.717) is 24.0 Å². The first-order valence-corrected chi connectivity index (χ1v) is 5.78. The normalized spacial score (nSPS) is 13.8. The van der Waals surface area contributed by atoms with Gasteiger partial charge in [-0.25, -0.2) is 8.78 Å². The van der Waals surface area contributed by atoms with Gasteiger partial charge in [0.25, 0.3) is 0 Å². The average molecular weight is 244 g/mol. The highest BCUT2D eigenvalue weighted by Gasteiger charge is 2.24. The van der Waals surface area contributed by atoms with Crippen LogP contribution in [0.5, 0.6) is 0 Å². The largest absolute Gasteiger partial charge is 0.294 e. The van der Waals surface area contributed by atoms with Crippen LogP contribution in [0.3, 0.4) is 0 Å². The van der Waals surface area contributed by atoms with Crippen LogP contribution in [0.1, 0.15) is 22.3 Å². The molecule has 0 fully saturated rings. The molecule has 2 aromatic carbocycles. The van der Waals surface area contributed by atoms with Gasteiger partial charge in [-0.15, -0.1) is 0 Å². The van der Waals surface area contributed by atoms with Gasteiger partial charge in [-0.1, -0.05) is 24.3 Å². The summed E-state index contributed by atoms with van der Waals surface area (Å²) in [6.07, 6.45) is 0.973. The van der Waals surface area contributed by atoms with Crippen molar-refractivity contribution < 1.29 is 13.6 Å². The maximum atomic E-state index is 13.8. The Hall–Kier alpha value is -2.03. The predicted molar refractivity (Wildman–Crippen MR) is 64.4 cm³/mol. The van der Waals surface area contributed by atoms with E-state index in [4.69, 9.17) is 0 Å². The zero-order valence-corrected chi connectivity index (χ0v) is 9.54. The number of hydrogen-bond donors (Lipinski definition) is 0. The van der Waals surface area contributed by atoms with Crippen molar-refractivity contribution in [2.75, 3.05) is 0 Å². The molecule has 18 heavy (non-hydrogen) atoms. The van der Waals surface area contributed by atoms with Crippen molar-refractivity contribution >= 4 is 5.78 Å². The predicted octanol–water partition coefficient (Wildman–Crippen LogP) is 3.76. The standard InChI is InChI=1S/C15H10F2O/c16-12-5-2-6-13(17)15(12)11-4-1-3-10-9(11)7-8-14(10)18/h1-6H,7-8H2. The van der Waals surface area contributed by atoms with Gasteiger partial charge in [0.15, 0.2) is 5.78 Å². The minimum atomic E-state index is -0.595. The minimum absolute atomic E-state index is 0.0379. The van der Waals surface area contributed by atoms with Gasteiger partial charge in [0, 0.05) is 12.0 Å². The van der Waals surface area contributed by atoms with Crippen LogP contribution >= 0.6 is 0 Å². The molecular formula is C15H10F2O. The fourth-order valence-corrected chi connectivity index (χ4v) is 2.48. The molecule has 0 heterocycles. The van der Waals surface area contributed by atoms with Crippen LogP contribution in [0.25, 0.3) is 11.1 Å². The highest BCUT2D eigenvalue weighted by molar-refractivity contribution is 6.02. The van der Waals surface area contributed by atoms with E-state index in [9.17, 15) is 13.6 Å². The summed E-state index contributed by atoms with van der Waals surface area (Å²) in [6.45, 7) is 0. The van der Waals surface area contributed by atoms with Crippen molar-refractivity contribution in [3.63, 3.8) is 0 Å². The number of fused-ring (bicyclic) bond motifs is 1. The third-order valence-electron chi connectivity index (χ3n) is 3.31. The van der Waals surface area contributed by atoms with Crippen LogP contribution in [-0.2, 0) is 6.42 Å². The van der Waals surface area contributed by atoms with Gasteiger partial charge < -0.3 is 0 Å². The van der Waals surface area contributed by atoms with E-state index >= 15 is 0 Å². The Morgan fingerprint density at radius 3 is 2.17 bits per heavy atom. The van der Waals surface area contributed by atoms with Crippen molar-refractivity contribution in [1.29, 1.82) is 0 Å². The fraction of sp³-hybridized carbons (Fsp3) is 0.133. The molecular weight excluding hydrogens is 234 g/mol. The molecule has 0 aromatic heterocycles. The number of carbonyl (C=O) groups is 1. The minimum Gasteiger partial charge on any atom is -0.294 e. The van der Waals surface area contributed by atoms with Crippen LogP contribution in [-0.4, -0.2) is 5.78 Å². The Morgan fingerprint density at radius 2 is 1.44 bits per heavy atom. The molecule has 0 atom stereocenters. The van der Waals surface area contributed by atoms with Crippen molar-refractivity contribution in [2.45, 2.75) is 12.8 Å². The van der Waals surface area contributed by atoms with Gasteiger partial charge >= 0.3 is 0 Å². The van der Waals surface area contributed by atoms with Crippen molar-refractivity contribution in [2.24, 2.45) is 0 Å². The smallest absolute Gasteiger partial charge is 0.163 e. The SMILES string of the molecule is O=C1CCc2c1cccc2-c1c(F)cccc1F. The third-order valence-corrected chi connectivity index (χ3v) is 3.31. The second-order valence-electron chi connectivity index (χ2n) is 4.35. The molecule has 0 saturated carbocycles. The lowest BCUT2D eigenvalue weighted by molar-refractivity contribution is 0.0994. The van der Waals surface area contributed by atoms with Gasteiger partial charge in [-0.3, -0.25) is 4.79 Å². The van der Waals surface area contributed by atoms with E-state index in [1.54, 1.807) is 18.2 Å². The van der Waals surface area contributed by atoms with E-state index in [1.807, 2.05) is 0 Å². The Labute approximate surface area is 103 Å². The highest BCUT2D eigenvalue weighted by atomic mass is 19.1. The lowest BCUT2D eigenvalue weighted by Crippen LogP contribution is -1.96. The molecule has 90 valence electrons. The monoisotopic (exact) mass is 244 g/mol. The summed E-state index contributed by atoms with van der Waals surface area (Å²) in [5.41, 5.74) is 1.81. The van der Waals surface area contributed by atoms with Gasteiger partial charge in [-0.2, -0.15) is 0 Å². The molecule has 0 bridgehead atoms. The van der Waals surface area contributed by atoms with Crippen LogP contribution in [0.15, 0.2) is 36.4 Å². The molecule has 2 aromatic rings. The Bertz CT molecular complexity index is 627. The number of Topliss-reactive ketones (excluding diaryl/α,β-unsaturated/α-hetero) is 1. The van der Waals surface area contributed by atoms with Gasteiger partial charge in [-0.05, 0) is 29.7 Å². The van der Waals surface area contributed by atoms with E-state index in [0.717, 1.165) is 5.56 Å².